The first kappa shape index (κ1) is 12.0. The van der Waals surface area contributed by atoms with Crippen LogP contribution in [-0.2, 0) is 0 Å². The van der Waals surface area contributed by atoms with Gasteiger partial charge in [-0.05, 0) is 37.7 Å². The van der Waals surface area contributed by atoms with Gasteiger partial charge in [-0.15, -0.1) is 0 Å². The van der Waals surface area contributed by atoms with Gasteiger partial charge in [0.15, 0.2) is 0 Å². The van der Waals surface area contributed by atoms with Crippen LogP contribution in [0.5, 0.6) is 0 Å². The van der Waals surface area contributed by atoms with Gasteiger partial charge in [0.2, 0.25) is 0 Å². The van der Waals surface area contributed by atoms with Crippen LogP contribution in [0.3, 0.4) is 0 Å². The quantitative estimate of drug-likeness (QED) is 0.568. The molecule has 1 heterocycles. The van der Waals surface area contributed by atoms with Gasteiger partial charge in [-0.3, -0.25) is 4.99 Å². The van der Waals surface area contributed by atoms with E-state index < -0.39 is 0 Å². The maximum atomic E-state index is 4.51. The summed E-state index contributed by atoms with van der Waals surface area (Å²) in [7, 11) is 0. The van der Waals surface area contributed by atoms with Crippen LogP contribution in [0.25, 0.3) is 0 Å². The van der Waals surface area contributed by atoms with Crippen LogP contribution in [0.4, 0.5) is 0 Å². The molecule has 0 aromatic rings. The molecule has 1 aliphatic rings. The largest absolute Gasteiger partial charge is 0.261 e. The molecular weight excluding hydrogens is 182 g/mol. The monoisotopic (exact) mass is 203 g/mol. The van der Waals surface area contributed by atoms with Gasteiger partial charge in [0.1, 0.15) is 0 Å². The molecule has 0 radical (unpaired) electrons. The minimum Gasteiger partial charge on any atom is -0.261 e. The first-order valence-corrected chi connectivity index (χ1v) is 5.59. The van der Waals surface area contributed by atoms with Crippen LogP contribution in [0, 0.1) is 11.8 Å². The lowest BCUT2D eigenvalue weighted by atomic mass is 9.98. The zero-order chi connectivity index (χ0) is 11.4. The van der Waals surface area contributed by atoms with Gasteiger partial charge >= 0.3 is 0 Å². The first-order valence-electron chi connectivity index (χ1n) is 5.59. The predicted octanol–water partition coefficient (Wildman–Crippen LogP) is 4.14. The van der Waals surface area contributed by atoms with E-state index in [0.717, 1.165) is 17.7 Å². The van der Waals surface area contributed by atoms with E-state index in [9.17, 15) is 0 Å². The summed E-state index contributed by atoms with van der Waals surface area (Å²) in [5.74, 6) is 0.965. The third-order valence-corrected chi connectivity index (χ3v) is 2.84. The molecule has 0 aliphatic carbocycles. The maximum Gasteiger partial charge on any atom is 0.0615 e. The fraction of sp³-hybridized carbons (Fsp3) is 0.500. The maximum absolute atomic E-state index is 4.51. The highest BCUT2D eigenvalue weighted by molar-refractivity contribution is 5.63. The Hall–Kier alpha value is -1.11. The van der Waals surface area contributed by atoms with Crippen LogP contribution in [-0.4, -0.2) is 6.21 Å². The van der Waals surface area contributed by atoms with Gasteiger partial charge in [0.05, 0.1) is 5.70 Å². The molecule has 0 spiro atoms. The number of nitrogens with zero attached hydrogens (tertiary/aromatic N) is 1. The topological polar surface area (TPSA) is 12.4 Å². The Morgan fingerprint density at radius 1 is 1.47 bits per heavy atom. The summed E-state index contributed by atoms with van der Waals surface area (Å²) in [4.78, 5) is 4.51. The molecule has 2 atom stereocenters. The molecule has 0 N–H and O–H groups in total. The van der Waals surface area contributed by atoms with Gasteiger partial charge in [-0.25, -0.2) is 0 Å². The Bertz CT molecular complexity index is 331. The minimum absolute atomic E-state index is 0.458. The molecule has 0 aromatic carbocycles. The Morgan fingerprint density at radius 2 is 2.13 bits per heavy atom. The number of hydrogen-bond donors (Lipinski definition) is 0. The smallest absolute Gasteiger partial charge is 0.0615 e. The van der Waals surface area contributed by atoms with Gasteiger partial charge < -0.3 is 0 Å². The highest BCUT2D eigenvalue weighted by Crippen LogP contribution is 2.21. The minimum atomic E-state index is 0.458. The lowest BCUT2D eigenvalue weighted by molar-refractivity contribution is 0.784. The summed E-state index contributed by atoms with van der Waals surface area (Å²) in [5.41, 5.74) is 3.50. The molecule has 1 nitrogen and oxygen atoms in total. The number of rotatable bonds is 1. The highest BCUT2D eigenvalue weighted by atomic mass is 14.7. The summed E-state index contributed by atoms with van der Waals surface area (Å²) in [6.45, 7) is 12.6. The van der Waals surface area contributed by atoms with Crippen molar-refractivity contribution in [3.05, 3.63) is 35.6 Å². The molecule has 0 fully saturated rings. The second kappa shape index (κ2) is 5.11. The SMILES string of the molecule is C=C(C)C1=CC(C)C(C)=CCC(C)C=N1. The molecule has 0 saturated carbocycles. The van der Waals surface area contributed by atoms with Crippen molar-refractivity contribution in [3.8, 4) is 0 Å². The second-order valence-electron chi connectivity index (χ2n) is 4.56. The summed E-state index contributed by atoms with van der Waals surface area (Å²) in [6.07, 6.45) is 7.63. The molecule has 0 aromatic heterocycles. The fourth-order valence-electron chi connectivity index (χ4n) is 1.49. The van der Waals surface area contributed by atoms with Crippen molar-refractivity contribution in [1.82, 2.24) is 0 Å². The lowest BCUT2D eigenvalue weighted by Gasteiger charge is -2.08. The second-order valence-corrected chi connectivity index (χ2v) is 4.56. The van der Waals surface area contributed by atoms with Crippen molar-refractivity contribution >= 4 is 6.21 Å². The van der Waals surface area contributed by atoms with E-state index in [1.807, 2.05) is 13.1 Å². The average Bonchev–Trinajstić information content (AvgIpc) is 2.23. The van der Waals surface area contributed by atoms with Crippen molar-refractivity contribution in [2.24, 2.45) is 16.8 Å². The van der Waals surface area contributed by atoms with E-state index in [-0.39, 0.29) is 0 Å². The lowest BCUT2D eigenvalue weighted by Crippen LogP contribution is -1.94. The van der Waals surface area contributed by atoms with Crippen molar-refractivity contribution < 1.29 is 0 Å². The molecule has 0 amide bonds. The van der Waals surface area contributed by atoms with Crippen LogP contribution < -0.4 is 0 Å². The summed E-state index contributed by atoms with van der Waals surface area (Å²) >= 11 is 0. The van der Waals surface area contributed by atoms with E-state index in [2.05, 4.69) is 44.5 Å². The molecular formula is C14H21N. The Morgan fingerprint density at radius 3 is 2.73 bits per heavy atom. The molecule has 0 saturated heterocycles. The van der Waals surface area contributed by atoms with Crippen molar-refractivity contribution in [2.75, 3.05) is 0 Å². The Kier molecular flexibility index (Phi) is 4.07. The van der Waals surface area contributed by atoms with Crippen molar-refractivity contribution in [2.45, 2.75) is 34.1 Å². The molecule has 1 rings (SSSR count). The van der Waals surface area contributed by atoms with Crippen molar-refractivity contribution in [3.63, 3.8) is 0 Å². The highest BCUT2D eigenvalue weighted by Gasteiger charge is 2.07. The third-order valence-electron chi connectivity index (χ3n) is 2.84. The van der Waals surface area contributed by atoms with E-state index in [1.54, 1.807) is 0 Å². The van der Waals surface area contributed by atoms with Crippen LogP contribution in [0.15, 0.2) is 40.6 Å². The fourth-order valence-corrected chi connectivity index (χ4v) is 1.49. The molecule has 1 heteroatoms. The van der Waals surface area contributed by atoms with E-state index in [0.29, 0.717) is 11.8 Å². The van der Waals surface area contributed by atoms with Crippen LogP contribution in [0.1, 0.15) is 34.1 Å². The summed E-state index contributed by atoms with van der Waals surface area (Å²) in [5, 5.41) is 0. The number of hydrogen-bond acceptors (Lipinski definition) is 1. The predicted molar refractivity (Wildman–Crippen MR) is 68.1 cm³/mol. The van der Waals surface area contributed by atoms with Gasteiger partial charge in [0.25, 0.3) is 0 Å². The molecule has 0 bridgehead atoms. The van der Waals surface area contributed by atoms with E-state index in [4.69, 9.17) is 0 Å². The zero-order valence-corrected chi connectivity index (χ0v) is 10.2. The normalized spacial score (nSPS) is 27.2. The summed E-state index contributed by atoms with van der Waals surface area (Å²) < 4.78 is 0. The third kappa shape index (κ3) is 3.50. The van der Waals surface area contributed by atoms with Crippen LogP contribution in [0.2, 0.25) is 0 Å². The van der Waals surface area contributed by atoms with Crippen molar-refractivity contribution in [1.29, 1.82) is 0 Å². The zero-order valence-electron chi connectivity index (χ0n) is 10.2. The molecule has 15 heavy (non-hydrogen) atoms. The van der Waals surface area contributed by atoms with E-state index >= 15 is 0 Å². The van der Waals surface area contributed by atoms with Gasteiger partial charge in [0, 0.05) is 6.21 Å². The average molecular weight is 203 g/mol. The molecule has 82 valence electrons. The van der Waals surface area contributed by atoms with Crippen LogP contribution >= 0.6 is 0 Å². The Labute approximate surface area is 93.3 Å². The summed E-state index contributed by atoms with van der Waals surface area (Å²) in [6, 6.07) is 0. The standard InChI is InChI=1S/C14H21N/c1-10(2)14-8-13(5)12(4)7-6-11(3)9-15-14/h7-9,11,13H,1,6H2,2-5H3. The van der Waals surface area contributed by atoms with Gasteiger partial charge in [-0.1, -0.05) is 38.2 Å². The first-order chi connectivity index (χ1) is 7.00. The Balaban J connectivity index is 3.04. The number of aliphatic imine (C=N–C) groups is 1. The molecule has 1 aliphatic heterocycles. The van der Waals surface area contributed by atoms with E-state index in [1.165, 1.54) is 5.57 Å². The molecule has 2 unspecified atom stereocenters. The van der Waals surface area contributed by atoms with Gasteiger partial charge in [-0.2, -0.15) is 0 Å². The number of allylic oxidation sites excluding steroid dienone is 4.